The number of hydrogen-bond acceptors (Lipinski definition) is 1. The molecule has 0 aromatic carbocycles. The maximum absolute atomic E-state index is 4.29. The summed E-state index contributed by atoms with van der Waals surface area (Å²) < 4.78 is 0. The zero-order valence-electron chi connectivity index (χ0n) is 7.72. The largest absolute Gasteiger partial charge is 0.175 e. The van der Waals surface area contributed by atoms with Crippen LogP contribution in [0, 0.1) is 11.3 Å². The van der Waals surface area contributed by atoms with Gasteiger partial charge in [0.15, 0.2) is 0 Å². The summed E-state index contributed by atoms with van der Waals surface area (Å²) in [6.07, 6.45) is 5.02. The molecule has 0 spiro atoms. The van der Waals surface area contributed by atoms with E-state index in [2.05, 4.69) is 39.5 Å². The van der Waals surface area contributed by atoms with E-state index in [1.165, 1.54) is 18.4 Å². The van der Waals surface area contributed by atoms with Crippen LogP contribution in [0.4, 0.5) is 0 Å². The Morgan fingerprint density at radius 3 is 2.55 bits per heavy atom. The first-order valence-electron chi connectivity index (χ1n) is 4.40. The molecule has 0 amide bonds. The normalized spacial score (nSPS) is 31.2. The van der Waals surface area contributed by atoms with Crippen molar-refractivity contribution >= 4 is 12.6 Å². The van der Waals surface area contributed by atoms with Gasteiger partial charge >= 0.3 is 0 Å². The van der Waals surface area contributed by atoms with Gasteiger partial charge < -0.3 is 0 Å². The van der Waals surface area contributed by atoms with Crippen LogP contribution < -0.4 is 0 Å². The maximum Gasteiger partial charge on any atom is 0.0113 e. The monoisotopic (exact) mass is 170 g/mol. The molecule has 1 aliphatic rings. The number of rotatable bonds is 2. The Hall–Kier alpha value is 0.0900. The van der Waals surface area contributed by atoms with Crippen LogP contribution in [0.1, 0.15) is 33.6 Å². The predicted octanol–water partition coefficient (Wildman–Crippen LogP) is 3.30. The SMILES string of the molecule is CC(C)[C@]1(C)C=C(CS)CC1. The van der Waals surface area contributed by atoms with Crippen LogP contribution in [-0.4, -0.2) is 5.75 Å². The lowest BCUT2D eigenvalue weighted by molar-refractivity contribution is 0.293. The fourth-order valence-electron chi connectivity index (χ4n) is 1.62. The van der Waals surface area contributed by atoms with Crippen LogP contribution in [0.5, 0.6) is 0 Å². The molecular formula is C10H18S. The summed E-state index contributed by atoms with van der Waals surface area (Å²) in [6.45, 7) is 6.96. The van der Waals surface area contributed by atoms with Crippen LogP contribution in [-0.2, 0) is 0 Å². The highest BCUT2D eigenvalue weighted by atomic mass is 32.1. The summed E-state index contributed by atoms with van der Waals surface area (Å²) in [6, 6.07) is 0. The van der Waals surface area contributed by atoms with E-state index in [0.29, 0.717) is 5.41 Å². The summed E-state index contributed by atoms with van der Waals surface area (Å²) in [7, 11) is 0. The molecule has 0 aliphatic heterocycles. The zero-order chi connectivity index (χ0) is 8.48. The van der Waals surface area contributed by atoms with Gasteiger partial charge in [-0.1, -0.05) is 32.4 Å². The van der Waals surface area contributed by atoms with Crippen molar-refractivity contribution in [2.75, 3.05) is 5.75 Å². The standard InChI is InChI=1S/C10H18S/c1-8(2)10(3)5-4-9(6-10)7-11/h6,8,11H,4-5,7H2,1-3H3/t10-/m0/s1. The minimum atomic E-state index is 0.456. The molecule has 0 aromatic heterocycles. The van der Waals surface area contributed by atoms with Crippen molar-refractivity contribution in [3.05, 3.63) is 11.6 Å². The van der Waals surface area contributed by atoms with Crippen LogP contribution in [0.3, 0.4) is 0 Å². The van der Waals surface area contributed by atoms with Crippen molar-refractivity contribution in [3.8, 4) is 0 Å². The zero-order valence-corrected chi connectivity index (χ0v) is 8.62. The van der Waals surface area contributed by atoms with Gasteiger partial charge in [0, 0.05) is 5.75 Å². The molecular weight excluding hydrogens is 152 g/mol. The highest BCUT2D eigenvalue weighted by Gasteiger charge is 2.30. The van der Waals surface area contributed by atoms with E-state index in [4.69, 9.17) is 0 Å². The Bertz CT molecular complexity index is 170. The van der Waals surface area contributed by atoms with Crippen LogP contribution >= 0.6 is 12.6 Å². The number of hydrogen-bond donors (Lipinski definition) is 1. The lowest BCUT2D eigenvalue weighted by Crippen LogP contribution is -2.17. The van der Waals surface area contributed by atoms with Gasteiger partial charge in [0.1, 0.15) is 0 Å². The molecule has 0 aromatic rings. The van der Waals surface area contributed by atoms with Gasteiger partial charge in [-0.2, -0.15) is 12.6 Å². The minimum absolute atomic E-state index is 0.456. The fraction of sp³-hybridized carbons (Fsp3) is 0.800. The number of thiol groups is 1. The minimum Gasteiger partial charge on any atom is -0.175 e. The molecule has 0 fully saturated rings. The van der Waals surface area contributed by atoms with Gasteiger partial charge in [-0.05, 0) is 24.2 Å². The van der Waals surface area contributed by atoms with Crippen molar-refractivity contribution < 1.29 is 0 Å². The molecule has 64 valence electrons. The molecule has 0 saturated carbocycles. The van der Waals surface area contributed by atoms with Crippen molar-refractivity contribution in [3.63, 3.8) is 0 Å². The molecule has 1 atom stereocenters. The molecule has 0 bridgehead atoms. The maximum atomic E-state index is 4.29. The molecule has 11 heavy (non-hydrogen) atoms. The molecule has 1 rings (SSSR count). The Morgan fingerprint density at radius 1 is 1.64 bits per heavy atom. The van der Waals surface area contributed by atoms with E-state index in [-0.39, 0.29) is 0 Å². The summed E-state index contributed by atoms with van der Waals surface area (Å²) >= 11 is 4.29. The molecule has 1 aliphatic carbocycles. The lowest BCUT2D eigenvalue weighted by Gasteiger charge is -2.26. The van der Waals surface area contributed by atoms with Crippen LogP contribution in [0.15, 0.2) is 11.6 Å². The average Bonchev–Trinajstić information content (AvgIpc) is 2.33. The van der Waals surface area contributed by atoms with Gasteiger partial charge in [-0.15, -0.1) is 0 Å². The van der Waals surface area contributed by atoms with E-state index in [1.54, 1.807) is 0 Å². The summed E-state index contributed by atoms with van der Waals surface area (Å²) in [5, 5.41) is 0. The van der Waals surface area contributed by atoms with E-state index < -0.39 is 0 Å². The van der Waals surface area contributed by atoms with Crippen molar-refractivity contribution in [1.82, 2.24) is 0 Å². The Balaban J connectivity index is 2.70. The van der Waals surface area contributed by atoms with Crippen molar-refractivity contribution in [2.45, 2.75) is 33.6 Å². The second-order valence-corrected chi connectivity index (χ2v) is 4.44. The van der Waals surface area contributed by atoms with E-state index in [9.17, 15) is 0 Å². The predicted molar refractivity (Wildman–Crippen MR) is 54.1 cm³/mol. The number of allylic oxidation sites excluding steroid dienone is 1. The third kappa shape index (κ3) is 1.81. The highest BCUT2D eigenvalue weighted by Crippen LogP contribution is 2.41. The first-order chi connectivity index (χ1) is 5.08. The van der Waals surface area contributed by atoms with Gasteiger partial charge in [0.25, 0.3) is 0 Å². The molecule has 0 N–H and O–H groups in total. The second kappa shape index (κ2) is 3.22. The fourth-order valence-corrected chi connectivity index (χ4v) is 1.87. The Labute approximate surface area is 75.5 Å². The molecule has 0 nitrogen and oxygen atoms in total. The van der Waals surface area contributed by atoms with Crippen molar-refractivity contribution in [1.29, 1.82) is 0 Å². The van der Waals surface area contributed by atoms with E-state index >= 15 is 0 Å². The van der Waals surface area contributed by atoms with Crippen LogP contribution in [0.25, 0.3) is 0 Å². The summed E-state index contributed by atoms with van der Waals surface area (Å²) in [5.74, 6) is 1.71. The third-order valence-corrected chi connectivity index (χ3v) is 3.45. The van der Waals surface area contributed by atoms with Crippen LogP contribution in [0.2, 0.25) is 0 Å². The van der Waals surface area contributed by atoms with Gasteiger partial charge in [-0.3, -0.25) is 0 Å². The third-order valence-electron chi connectivity index (χ3n) is 3.04. The van der Waals surface area contributed by atoms with E-state index in [1.807, 2.05) is 0 Å². The van der Waals surface area contributed by atoms with Gasteiger partial charge in [0.2, 0.25) is 0 Å². The summed E-state index contributed by atoms with van der Waals surface area (Å²) in [5.41, 5.74) is 1.99. The average molecular weight is 170 g/mol. The van der Waals surface area contributed by atoms with E-state index in [0.717, 1.165) is 11.7 Å². The first-order valence-corrected chi connectivity index (χ1v) is 5.03. The van der Waals surface area contributed by atoms with Gasteiger partial charge in [-0.25, -0.2) is 0 Å². The Kier molecular flexibility index (Phi) is 2.69. The molecule has 1 heteroatoms. The smallest absolute Gasteiger partial charge is 0.0113 e. The van der Waals surface area contributed by atoms with Crippen molar-refractivity contribution in [2.24, 2.45) is 11.3 Å². The second-order valence-electron chi connectivity index (χ2n) is 4.12. The molecule has 0 heterocycles. The molecule has 0 radical (unpaired) electrons. The molecule has 0 saturated heterocycles. The van der Waals surface area contributed by atoms with Gasteiger partial charge in [0.05, 0.1) is 0 Å². The summed E-state index contributed by atoms with van der Waals surface area (Å²) in [4.78, 5) is 0. The quantitative estimate of drug-likeness (QED) is 0.477. The lowest BCUT2D eigenvalue weighted by atomic mass is 9.79. The molecule has 0 unspecified atom stereocenters. The topological polar surface area (TPSA) is 0 Å². The highest BCUT2D eigenvalue weighted by molar-refractivity contribution is 7.80. The first kappa shape index (κ1) is 9.18. The Morgan fingerprint density at radius 2 is 2.27 bits per heavy atom.